The molecule has 0 bridgehead atoms. The Kier molecular flexibility index (Phi) is 13.2. The number of hydrogen-bond donors (Lipinski definition) is 5. The highest BCUT2D eigenvalue weighted by Crippen LogP contribution is 2.19. The van der Waals surface area contributed by atoms with E-state index in [0.29, 0.717) is 23.6 Å². The summed E-state index contributed by atoms with van der Waals surface area (Å²) in [6, 6.07) is 22.9. The van der Waals surface area contributed by atoms with Crippen LogP contribution in [0.3, 0.4) is 0 Å². The average molecular weight is 691 g/mol. The summed E-state index contributed by atoms with van der Waals surface area (Å²) in [5, 5.41) is 31.1. The van der Waals surface area contributed by atoms with Crippen LogP contribution in [-0.4, -0.2) is 76.0 Å². The van der Waals surface area contributed by atoms with Crippen LogP contribution in [0.4, 0.5) is 9.59 Å². The number of para-hydroxylation sites is 2. The van der Waals surface area contributed by atoms with E-state index in [1.165, 1.54) is 0 Å². The zero-order chi connectivity index (χ0) is 36.3. The third-order valence-corrected chi connectivity index (χ3v) is 7.42. The molecule has 0 aliphatic heterocycles. The number of fused-ring (bicyclic) bond motifs is 1. The number of aromatic nitrogens is 1. The van der Waals surface area contributed by atoms with Crippen LogP contribution in [0, 0.1) is 0 Å². The number of alkyl carbamates (subject to hydrolysis) is 2. The number of ether oxygens (including phenoxy) is 3. The van der Waals surface area contributed by atoms with Crippen LogP contribution in [0.15, 0.2) is 83.3 Å². The Morgan fingerprint density at radius 3 is 1.74 bits per heavy atom. The van der Waals surface area contributed by atoms with Gasteiger partial charge in [-0.25, -0.2) is 14.6 Å². The van der Waals surface area contributed by atoms with Crippen molar-refractivity contribution in [1.29, 1.82) is 0 Å². The molecular weight excluding hydrogens is 640 g/mol. The number of nitrogens with one attached hydrogen (secondary N) is 3. The first kappa shape index (κ1) is 38.2. The molecule has 0 fully saturated rings. The van der Waals surface area contributed by atoms with E-state index in [-0.39, 0.29) is 26.1 Å². The number of amides is 2. The summed E-state index contributed by atoms with van der Waals surface area (Å²) in [5.41, 5.74) is 1.78. The molecular formula is C38H50N4O8. The monoisotopic (exact) mass is 690 g/mol. The minimum atomic E-state index is -1.06. The van der Waals surface area contributed by atoms with Gasteiger partial charge in [-0.1, -0.05) is 54.6 Å². The zero-order valence-corrected chi connectivity index (χ0v) is 29.6. The van der Waals surface area contributed by atoms with Crippen molar-refractivity contribution < 1.29 is 38.4 Å². The summed E-state index contributed by atoms with van der Waals surface area (Å²) in [7, 11) is 0. The van der Waals surface area contributed by atoms with Crippen LogP contribution in [0.25, 0.3) is 11.1 Å². The van der Waals surface area contributed by atoms with Crippen LogP contribution < -0.4 is 20.7 Å². The molecule has 5 N–H and O–H groups in total. The number of aliphatic hydroxyl groups is 2. The molecule has 12 heteroatoms. The Hall–Kier alpha value is -4.65. The quantitative estimate of drug-likeness (QED) is 0.111. The van der Waals surface area contributed by atoms with Gasteiger partial charge in [0.2, 0.25) is 5.89 Å². The van der Waals surface area contributed by atoms with E-state index in [0.717, 1.165) is 16.6 Å². The first-order valence-corrected chi connectivity index (χ1v) is 16.8. The van der Waals surface area contributed by atoms with Gasteiger partial charge in [-0.3, -0.25) is 0 Å². The van der Waals surface area contributed by atoms with E-state index >= 15 is 0 Å². The summed E-state index contributed by atoms with van der Waals surface area (Å²) < 4.78 is 22.5. The molecule has 3 aromatic carbocycles. The van der Waals surface area contributed by atoms with Gasteiger partial charge in [0, 0.05) is 13.1 Å². The van der Waals surface area contributed by atoms with Crippen LogP contribution >= 0.6 is 0 Å². The smallest absolute Gasteiger partial charge is 0.407 e. The minimum Gasteiger partial charge on any atom is -0.484 e. The molecule has 270 valence electrons. The molecule has 0 saturated carbocycles. The molecule has 1 heterocycles. The predicted octanol–water partition coefficient (Wildman–Crippen LogP) is 5.29. The number of hydrogen-bond acceptors (Lipinski definition) is 10. The fourth-order valence-electron chi connectivity index (χ4n) is 5.12. The SMILES string of the molecule is CC(C)(C)OC(=O)N[C@@H](Cc1ccccc1)[C@H](O)CNC[C@@H](O)[C@H](Cc1ccc(OCc2nc3ccccc3o2)cc1)NC(=O)OC(C)(C)C. The fraction of sp³-hybridized carbons (Fsp3) is 0.447. The van der Waals surface area contributed by atoms with Gasteiger partial charge in [-0.05, 0) is 89.8 Å². The molecule has 0 aliphatic rings. The summed E-state index contributed by atoms with van der Waals surface area (Å²) in [6.45, 7) is 10.8. The number of carbonyl (C=O) groups is 2. The van der Waals surface area contributed by atoms with Gasteiger partial charge in [0.25, 0.3) is 0 Å². The minimum absolute atomic E-state index is 0.0354. The number of aliphatic hydroxyl groups excluding tert-OH is 2. The molecule has 0 unspecified atom stereocenters. The van der Waals surface area contributed by atoms with E-state index in [1.54, 1.807) is 53.7 Å². The molecule has 4 atom stereocenters. The molecule has 0 aliphatic carbocycles. The molecule has 0 radical (unpaired) electrons. The Bertz CT molecular complexity index is 1610. The van der Waals surface area contributed by atoms with Gasteiger partial charge >= 0.3 is 12.2 Å². The van der Waals surface area contributed by atoms with Gasteiger partial charge < -0.3 is 44.8 Å². The maximum absolute atomic E-state index is 12.8. The molecule has 50 heavy (non-hydrogen) atoms. The van der Waals surface area contributed by atoms with E-state index in [9.17, 15) is 19.8 Å². The van der Waals surface area contributed by atoms with Gasteiger partial charge in [0.05, 0.1) is 24.3 Å². The Morgan fingerprint density at radius 2 is 1.22 bits per heavy atom. The fourth-order valence-corrected chi connectivity index (χ4v) is 5.12. The highest BCUT2D eigenvalue weighted by Gasteiger charge is 2.28. The van der Waals surface area contributed by atoms with E-state index in [1.807, 2.05) is 66.7 Å². The Labute approximate surface area is 293 Å². The molecule has 0 spiro atoms. The maximum atomic E-state index is 12.8. The Morgan fingerprint density at radius 1 is 0.720 bits per heavy atom. The van der Waals surface area contributed by atoms with Crippen molar-refractivity contribution in [1.82, 2.24) is 20.9 Å². The van der Waals surface area contributed by atoms with Crippen LogP contribution in [-0.2, 0) is 28.9 Å². The molecule has 0 saturated heterocycles. The van der Waals surface area contributed by atoms with E-state index in [4.69, 9.17) is 18.6 Å². The lowest BCUT2D eigenvalue weighted by atomic mass is 10.00. The van der Waals surface area contributed by atoms with Crippen molar-refractivity contribution in [3.05, 3.63) is 95.9 Å². The Balaban J connectivity index is 1.36. The van der Waals surface area contributed by atoms with Crippen LogP contribution in [0.5, 0.6) is 5.75 Å². The predicted molar refractivity (Wildman–Crippen MR) is 190 cm³/mol. The maximum Gasteiger partial charge on any atom is 0.407 e. The summed E-state index contributed by atoms with van der Waals surface area (Å²) >= 11 is 0. The molecule has 1 aromatic heterocycles. The molecule has 4 rings (SSSR count). The summed E-state index contributed by atoms with van der Waals surface area (Å²) in [6.07, 6.45) is -2.73. The number of benzene rings is 3. The number of carbonyl (C=O) groups excluding carboxylic acids is 2. The zero-order valence-electron chi connectivity index (χ0n) is 29.6. The molecule has 4 aromatic rings. The van der Waals surface area contributed by atoms with Gasteiger partial charge in [-0.2, -0.15) is 0 Å². The normalized spacial score (nSPS) is 14.3. The largest absolute Gasteiger partial charge is 0.484 e. The van der Waals surface area contributed by atoms with Gasteiger partial charge in [0.1, 0.15) is 22.5 Å². The topological polar surface area (TPSA) is 164 Å². The first-order chi connectivity index (χ1) is 23.6. The van der Waals surface area contributed by atoms with Crippen LogP contribution in [0.2, 0.25) is 0 Å². The summed E-state index contributed by atoms with van der Waals surface area (Å²) in [4.78, 5) is 29.8. The second kappa shape index (κ2) is 17.3. The van der Waals surface area contributed by atoms with Crippen LogP contribution in [0.1, 0.15) is 58.6 Å². The van der Waals surface area contributed by atoms with Crippen molar-refractivity contribution in [2.75, 3.05) is 13.1 Å². The average Bonchev–Trinajstić information content (AvgIpc) is 3.45. The van der Waals surface area contributed by atoms with Crippen molar-refractivity contribution >= 4 is 23.3 Å². The van der Waals surface area contributed by atoms with Gasteiger partial charge in [0.15, 0.2) is 12.2 Å². The third kappa shape index (κ3) is 13.0. The lowest BCUT2D eigenvalue weighted by Gasteiger charge is -2.29. The number of rotatable bonds is 15. The van der Waals surface area contributed by atoms with Crippen molar-refractivity contribution in [3.8, 4) is 5.75 Å². The standard InChI is InChI=1S/C38H50N4O8/c1-37(2,3)49-35(45)41-29(20-25-12-8-7-9-13-25)31(43)22-39-23-32(44)30(42-36(46)50-38(4,5)6)21-26-16-18-27(19-17-26)47-24-34-40-28-14-10-11-15-33(28)48-34/h7-19,29-32,39,43-44H,20-24H2,1-6H3,(H,41,45)(H,42,46)/t29-,30-,31+,32+/m0/s1. The number of oxazole rings is 1. The lowest BCUT2D eigenvalue weighted by molar-refractivity contribution is 0.0399. The molecule has 2 amide bonds. The summed E-state index contributed by atoms with van der Waals surface area (Å²) in [5.74, 6) is 1.07. The van der Waals surface area contributed by atoms with E-state index in [2.05, 4.69) is 20.9 Å². The van der Waals surface area contributed by atoms with E-state index < -0.39 is 47.7 Å². The third-order valence-electron chi connectivity index (χ3n) is 7.42. The van der Waals surface area contributed by atoms with Crippen molar-refractivity contribution in [3.63, 3.8) is 0 Å². The second-order valence-corrected chi connectivity index (χ2v) is 14.2. The van der Waals surface area contributed by atoms with Gasteiger partial charge in [-0.15, -0.1) is 0 Å². The first-order valence-electron chi connectivity index (χ1n) is 16.8. The van der Waals surface area contributed by atoms with Crippen molar-refractivity contribution in [2.45, 2.75) is 96.5 Å². The lowest BCUT2D eigenvalue weighted by Crippen LogP contribution is -2.53. The highest BCUT2D eigenvalue weighted by molar-refractivity contribution is 5.72. The second-order valence-electron chi connectivity index (χ2n) is 14.2. The van der Waals surface area contributed by atoms with Crippen molar-refractivity contribution in [2.24, 2.45) is 0 Å². The highest BCUT2D eigenvalue weighted by atomic mass is 16.6. The molecule has 12 nitrogen and oxygen atoms in total. The number of nitrogens with zero attached hydrogens (tertiary/aromatic N) is 1.